The standard InChI is InChI=1S/C25H25ClFN7O3/c1-34-12-14(8-19(34)25(35)30-11-22-28-6-7-29-22)37-21-9-15-18(10-20(21)36-2)31-13-32-24(15)33-17-5-3-4-16(26)23(17)27/h3-7,9-10,13-14,19H,8,11-12H2,1-2H3,(H,28,29)(H,30,35)(H,31,32,33)/t14-,19+/m0/s1. The quantitative estimate of drug-likeness (QED) is 0.319. The van der Waals surface area contributed by atoms with Gasteiger partial charge in [0.05, 0.1) is 35.9 Å². The second-order valence-corrected chi connectivity index (χ2v) is 9.06. The number of anilines is 2. The lowest BCUT2D eigenvalue weighted by Crippen LogP contribution is -2.41. The van der Waals surface area contributed by atoms with Crippen LogP contribution in [0, 0.1) is 5.82 Å². The summed E-state index contributed by atoms with van der Waals surface area (Å²) in [6.45, 7) is 0.868. The number of carbonyl (C=O) groups excluding carboxylic acids is 1. The number of nitrogens with one attached hydrogen (secondary N) is 3. The third-order valence-corrected chi connectivity index (χ3v) is 6.51. The zero-order valence-corrected chi connectivity index (χ0v) is 20.9. The van der Waals surface area contributed by atoms with Gasteiger partial charge in [0, 0.05) is 36.8 Å². The predicted octanol–water partition coefficient (Wildman–Crippen LogP) is 3.67. The Labute approximate surface area is 217 Å². The Morgan fingerprint density at radius 3 is 2.92 bits per heavy atom. The number of aromatic nitrogens is 4. The first-order chi connectivity index (χ1) is 17.9. The van der Waals surface area contributed by atoms with E-state index in [4.69, 9.17) is 21.1 Å². The van der Waals surface area contributed by atoms with E-state index < -0.39 is 5.82 Å². The van der Waals surface area contributed by atoms with Crippen LogP contribution in [0.5, 0.6) is 11.5 Å². The maximum absolute atomic E-state index is 14.5. The largest absolute Gasteiger partial charge is 0.493 e. The first kappa shape index (κ1) is 24.7. The molecule has 37 heavy (non-hydrogen) atoms. The highest BCUT2D eigenvalue weighted by Crippen LogP contribution is 2.37. The number of hydrogen-bond donors (Lipinski definition) is 3. The van der Waals surface area contributed by atoms with Crippen LogP contribution in [0.3, 0.4) is 0 Å². The van der Waals surface area contributed by atoms with E-state index in [1.165, 1.54) is 12.4 Å². The van der Waals surface area contributed by atoms with Crippen molar-refractivity contribution in [3.63, 3.8) is 0 Å². The molecule has 1 amide bonds. The summed E-state index contributed by atoms with van der Waals surface area (Å²) in [6.07, 6.45) is 4.96. The van der Waals surface area contributed by atoms with Gasteiger partial charge in [0.1, 0.15) is 24.1 Å². The van der Waals surface area contributed by atoms with Crippen LogP contribution in [0.4, 0.5) is 15.9 Å². The number of benzene rings is 2. The molecular formula is C25H25ClFN7O3. The van der Waals surface area contributed by atoms with E-state index in [1.54, 1.807) is 43.8 Å². The molecule has 192 valence electrons. The molecule has 1 aliphatic rings. The van der Waals surface area contributed by atoms with E-state index in [2.05, 4.69) is 30.6 Å². The Kier molecular flexibility index (Phi) is 7.06. The molecule has 1 aliphatic heterocycles. The zero-order chi connectivity index (χ0) is 25.9. The van der Waals surface area contributed by atoms with E-state index in [-0.39, 0.29) is 28.8 Å². The third-order valence-electron chi connectivity index (χ3n) is 6.22. The van der Waals surface area contributed by atoms with Crippen LogP contribution in [0.25, 0.3) is 10.9 Å². The van der Waals surface area contributed by atoms with Crippen LogP contribution in [0.1, 0.15) is 12.2 Å². The van der Waals surface area contributed by atoms with Gasteiger partial charge in [-0.15, -0.1) is 0 Å². The van der Waals surface area contributed by atoms with Gasteiger partial charge < -0.3 is 25.1 Å². The van der Waals surface area contributed by atoms with Crippen molar-refractivity contribution in [1.82, 2.24) is 30.2 Å². The number of imidazole rings is 1. The molecule has 1 fully saturated rings. The van der Waals surface area contributed by atoms with E-state index in [0.717, 1.165) is 0 Å². The summed E-state index contributed by atoms with van der Waals surface area (Å²) in [5, 5.41) is 6.51. The number of aromatic amines is 1. The van der Waals surface area contributed by atoms with Gasteiger partial charge in [-0.2, -0.15) is 0 Å². The first-order valence-electron chi connectivity index (χ1n) is 11.6. The number of hydrogen-bond acceptors (Lipinski definition) is 8. The van der Waals surface area contributed by atoms with Crippen LogP contribution in [-0.4, -0.2) is 63.6 Å². The molecule has 5 rings (SSSR count). The highest BCUT2D eigenvalue weighted by molar-refractivity contribution is 6.31. The van der Waals surface area contributed by atoms with Crippen LogP contribution < -0.4 is 20.1 Å². The first-order valence-corrected chi connectivity index (χ1v) is 12.0. The van der Waals surface area contributed by atoms with Crippen LogP contribution in [0.15, 0.2) is 49.1 Å². The molecule has 0 radical (unpaired) electrons. The summed E-state index contributed by atoms with van der Waals surface area (Å²) in [5.74, 6) is 1.35. The van der Waals surface area contributed by atoms with Crippen LogP contribution in [0.2, 0.25) is 5.02 Å². The molecule has 4 aromatic rings. The van der Waals surface area contributed by atoms with Crippen LogP contribution >= 0.6 is 11.6 Å². The van der Waals surface area contributed by atoms with E-state index in [1.807, 2.05) is 11.9 Å². The fourth-order valence-corrected chi connectivity index (χ4v) is 4.53. The minimum atomic E-state index is -0.578. The summed E-state index contributed by atoms with van der Waals surface area (Å²) < 4.78 is 26.4. The summed E-state index contributed by atoms with van der Waals surface area (Å²) in [6, 6.07) is 7.83. The molecular weight excluding hydrogens is 501 g/mol. The lowest BCUT2D eigenvalue weighted by Gasteiger charge is -2.17. The van der Waals surface area contributed by atoms with Gasteiger partial charge in [0.25, 0.3) is 0 Å². The second kappa shape index (κ2) is 10.6. The Morgan fingerprint density at radius 1 is 1.27 bits per heavy atom. The summed E-state index contributed by atoms with van der Waals surface area (Å²) in [7, 11) is 3.43. The Bertz CT molecular complexity index is 1420. The average molecular weight is 526 g/mol. The molecule has 0 spiro atoms. The number of methoxy groups -OCH3 is 1. The fraction of sp³-hybridized carbons (Fsp3) is 0.280. The van der Waals surface area contributed by atoms with Crippen molar-refractivity contribution in [2.24, 2.45) is 0 Å². The fourth-order valence-electron chi connectivity index (χ4n) is 4.35. The van der Waals surface area contributed by atoms with E-state index >= 15 is 0 Å². The van der Waals surface area contributed by atoms with Crippen LogP contribution in [-0.2, 0) is 11.3 Å². The molecule has 1 saturated heterocycles. The van der Waals surface area contributed by atoms with Crippen molar-refractivity contribution >= 4 is 39.9 Å². The Hall–Kier alpha value is -3.96. The number of ether oxygens (including phenoxy) is 2. The monoisotopic (exact) mass is 525 g/mol. The van der Waals surface area contributed by atoms with Gasteiger partial charge in [-0.3, -0.25) is 9.69 Å². The molecule has 12 heteroatoms. The highest BCUT2D eigenvalue weighted by atomic mass is 35.5. The van der Waals surface area contributed by atoms with Crippen molar-refractivity contribution in [2.45, 2.75) is 25.1 Å². The molecule has 2 atom stereocenters. The van der Waals surface area contributed by atoms with Gasteiger partial charge in [-0.1, -0.05) is 17.7 Å². The number of halogens is 2. The number of nitrogens with zero attached hydrogens (tertiary/aromatic N) is 4. The maximum atomic E-state index is 14.5. The molecule has 0 bridgehead atoms. The molecule has 2 aromatic carbocycles. The van der Waals surface area contributed by atoms with Gasteiger partial charge in [0.2, 0.25) is 5.91 Å². The number of likely N-dealkylation sites (tertiary alicyclic amines) is 1. The third kappa shape index (κ3) is 5.27. The second-order valence-electron chi connectivity index (χ2n) is 8.65. The lowest BCUT2D eigenvalue weighted by atomic mass is 10.1. The van der Waals surface area contributed by atoms with Gasteiger partial charge in [-0.25, -0.2) is 19.3 Å². The Balaban J connectivity index is 1.35. The molecule has 2 aromatic heterocycles. The zero-order valence-electron chi connectivity index (χ0n) is 20.2. The SMILES string of the molecule is COc1cc2ncnc(Nc3cccc(Cl)c3F)c2cc1O[C@H]1C[C@H](C(=O)NCc2ncc[nH]2)N(C)C1. The van der Waals surface area contributed by atoms with E-state index in [0.29, 0.717) is 53.6 Å². The number of likely N-dealkylation sites (N-methyl/N-ethyl adjacent to an activating group) is 1. The highest BCUT2D eigenvalue weighted by Gasteiger charge is 2.36. The average Bonchev–Trinajstić information content (AvgIpc) is 3.55. The Morgan fingerprint density at radius 2 is 2.14 bits per heavy atom. The number of carbonyl (C=O) groups is 1. The topological polar surface area (TPSA) is 117 Å². The lowest BCUT2D eigenvalue weighted by molar-refractivity contribution is -0.125. The summed E-state index contributed by atoms with van der Waals surface area (Å²) in [5.41, 5.74) is 0.773. The van der Waals surface area contributed by atoms with E-state index in [9.17, 15) is 9.18 Å². The molecule has 3 heterocycles. The normalized spacial score (nSPS) is 17.6. The molecule has 0 saturated carbocycles. The summed E-state index contributed by atoms with van der Waals surface area (Å²) >= 11 is 5.93. The smallest absolute Gasteiger partial charge is 0.237 e. The molecule has 0 aliphatic carbocycles. The summed E-state index contributed by atoms with van der Waals surface area (Å²) in [4.78, 5) is 30.4. The van der Waals surface area contributed by atoms with Crippen molar-refractivity contribution < 1.29 is 18.7 Å². The number of fused-ring (bicyclic) bond motifs is 1. The van der Waals surface area contributed by atoms with Gasteiger partial charge >= 0.3 is 0 Å². The molecule has 0 unspecified atom stereocenters. The number of H-pyrrole nitrogens is 1. The molecule has 10 nitrogen and oxygen atoms in total. The van der Waals surface area contributed by atoms with Crippen molar-refractivity contribution in [1.29, 1.82) is 0 Å². The number of amides is 1. The van der Waals surface area contributed by atoms with Crippen molar-refractivity contribution in [3.8, 4) is 11.5 Å². The molecule has 3 N–H and O–H groups in total. The van der Waals surface area contributed by atoms with Gasteiger partial charge in [0.15, 0.2) is 17.3 Å². The predicted molar refractivity (Wildman–Crippen MR) is 137 cm³/mol. The van der Waals surface area contributed by atoms with Gasteiger partial charge in [-0.05, 0) is 25.2 Å². The maximum Gasteiger partial charge on any atom is 0.237 e. The van der Waals surface area contributed by atoms with Crippen molar-refractivity contribution in [2.75, 3.05) is 26.0 Å². The number of rotatable bonds is 8. The van der Waals surface area contributed by atoms with Crippen molar-refractivity contribution in [3.05, 3.63) is 65.7 Å². The minimum absolute atomic E-state index is 0.00200. The minimum Gasteiger partial charge on any atom is -0.493 e.